The van der Waals surface area contributed by atoms with Gasteiger partial charge in [0.2, 0.25) is 0 Å². The Morgan fingerprint density at radius 2 is 0.667 bits per heavy atom. The van der Waals surface area contributed by atoms with Crippen LogP contribution in [-0.4, -0.2) is 37.1 Å². The fraction of sp³-hybridized carbons (Fsp3) is 0. The highest BCUT2D eigenvalue weighted by Crippen LogP contribution is 2.36. The molecule has 4 heterocycles. The first-order chi connectivity index (χ1) is 26.4. The van der Waals surface area contributed by atoms with Crippen LogP contribution in [0.5, 0.6) is 0 Å². The van der Waals surface area contributed by atoms with Crippen molar-refractivity contribution in [3.05, 3.63) is 173 Å². The Labute approximate surface area is 325 Å². The zero-order valence-electron chi connectivity index (χ0n) is 28.4. The van der Waals surface area contributed by atoms with Crippen molar-refractivity contribution < 1.29 is 10.0 Å². The summed E-state index contributed by atoms with van der Waals surface area (Å²) >= 11 is 18.3. The molecule has 0 bridgehead atoms. The maximum Gasteiger partial charge on any atom is 0.488 e. The Bertz CT molecular complexity index is 2890. The normalized spacial score (nSPS) is 11.1. The second-order valence-corrected chi connectivity index (χ2v) is 13.6. The van der Waals surface area contributed by atoms with Crippen LogP contribution in [0.2, 0.25) is 15.5 Å². The van der Waals surface area contributed by atoms with Gasteiger partial charge in [0.1, 0.15) is 15.5 Å². The van der Waals surface area contributed by atoms with Crippen molar-refractivity contribution in [2.24, 2.45) is 0 Å². The van der Waals surface area contributed by atoms with Gasteiger partial charge in [0.05, 0.1) is 27.8 Å². The number of halogens is 3. The highest BCUT2D eigenvalue weighted by Gasteiger charge is 2.14. The van der Waals surface area contributed by atoms with Gasteiger partial charge in [0.15, 0.2) is 0 Å². The summed E-state index contributed by atoms with van der Waals surface area (Å²) < 4.78 is 0. The number of hydrogen-bond acceptors (Lipinski definition) is 6. The molecule has 0 aliphatic rings. The molecule has 0 radical (unpaired) electrons. The van der Waals surface area contributed by atoms with E-state index in [0.29, 0.717) is 20.9 Å². The first kappa shape index (κ1) is 35.4. The third kappa shape index (κ3) is 7.04. The number of aromatic nitrogens is 4. The van der Waals surface area contributed by atoms with E-state index in [9.17, 15) is 0 Å². The molecule has 10 heteroatoms. The topological polar surface area (TPSA) is 92.0 Å². The van der Waals surface area contributed by atoms with Gasteiger partial charge in [0.25, 0.3) is 0 Å². The lowest BCUT2D eigenvalue weighted by Crippen LogP contribution is -2.29. The molecular weight excluding hydrogens is 734 g/mol. The largest absolute Gasteiger partial charge is 0.488 e. The summed E-state index contributed by atoms with van der Waals surface area (Å²) in [5, 5.41) is 27.4. The van der Waals surface area contributed by atoms with Crippen molar-refractivity contribution in [1.82, 2.24) is 19.9 Å². The van der Waals surface area contributed by atoms with Crippen LogP contribution >= 0.6 is 34.8 Å². The number of nitrogens with zero attached hydrogens (tertiary/aromatic N) is 4. The molecule has 6 nitrogen and oxygen atoms in total. The van der Waals surface area contributed by atoms with Crippen LogP contribution in [-0.2, 0) is 0 Å². The SMILES string of the molecule is Clc1ccc2c3ccccc3c3ccc(-c4ccccc4)nc3c2n1.Clc1ccc2c3ccccc3c3ccc(Cl)nc3c2n1.OB(O)c1ccccc1. The van der Waals surface area contributed by atoms with E-state index in [2.05, 4.69) is 69.5 Å². The van der Waals surface area contributed by atoms with Gasteiger partial charge in [-0.25, -0.2) is 19.9 Å². The summed E-state index contributed by atoms with van der Waals surface area (Å²) in [5.41, 5.74) is 5.86. The Morgan fingerprint density at radius 1 is 0.333 bits per heavy atom. The first-order valence-corrected chi connectivity index (χ1v) is 18.2. The molecule has 2 N–H and O–H groups in total. The average Bonchev–Trinajstić information content (AvgIpc) is 3.22. The van der Waals surface area contributed by atoms with E-state index >= 15 is 0 Å². The van der Waals surface area contributed by atoms with Crippen LogP contribution in [0, 0.1) is 0 Å². The summed E-state index contributed by atoms with van der Waals surface area (Å²) in [7, 11) is -1.34. The van der Waals surface area contributed by atoms with Crippen LogP contribution in [0.3, 0.4) is 0 Å². The summed E-state index contributed by atoms with van der Waals surface area (Å²) in [6, 6.07) is 51.0. The number of fused-ring (bicyclic) bond motifs is 12. The molecule has 4 aromatic heterocycles. The second-order valence-electron chi connectivity index (χ2n) is 12.4. The van der Waals surface area contributed by atoms with Gasteiger partial charge in [-0.05, 0) is 75.5 Å². The molecule has 260 valence electrons. The number of rotatable bonds is 2. The third-order valence-electron chi connectivity index (χ3n) is 9.11. The molecule has 0 aliphatic carbocycles. The molecule has 0 saturated heterocycles. The van der Waals surface area contributed by atoms with Gasteiger partial charge < -0.3 is 10.0 Å². The Morgan fingerprint density at radius 3 is 1.04 bits per heavy atom. The standard InChI is InChI=1S/C22H13ClN2.C16H8Cl2N2.C6H7BO2/c23-20-13-11-18-16-9-5-4-8-15(16)17-10-12-19(14-6-2-1-3-7-14)24-21(17)22(18)25-20;17-13-7-5-11-9-3-1-2-4-10(9)12-6-8-14(18)20-16(12)15(11)19-13;8-7(9)6-4-2-1-3-5-6/h1-13H;1-8H;1-5,8-9H. The molecule has 0 atom stereocenters. The lowest BCUT2D eigenvalue weighted by molar-refractivity contribution is 0.426. The van der Waals surface area contributed by atoms with Crippen molar-refractivity contribution in [3.63, 3.8) is 0 Å². The third-order valence-corrected chi connectivity index (χ3v) is 9.74. The van der Waals surface area contributed by atoms with E-state index in [0.717, 1.165) is 65.6 Å². The van der Waals surface area contributed by atoms with E-state index in [1.54, 1.807) is 36.4 Å². The maximum absolute atomic E-state index is 8.58. The fourth-order valence-corrected chi connectivity index (χ4v) is 7.10. The number of benzene rings is 6. The number of pyridine rings is 4. The van der Waals surface area contributed by atoms with Crippen molar-refractivity contribution in [3.8, 4) is 11.3 Å². The molecule has 0 unspecified atom stereocenters. The molecular formula is C44H28BCl3N4O2. The summed E-state index contributed by atoms with van der Waals surface area (Å²) in [6.07, 6.45) is 0. The van der Waals surface area contributed by atoms with E-state index in [1.165, 1.54) is 10.8 Å². The van der Waals surface area contributed by atoms with Gasteiger partial charge in [-0.15, -0.1) is 0 Å². The van der Waals surface area contributed by atoms with Gasteiger partial charge in [-0.2, -0.15) is 0 Å². The lowest BCUT2D eigenvalue weighted by Gasteiger charge is -2.10. The van der Waals surface area contributed by atoms with E-state index in [4.69, 9.17) is 49.8 Å². The Balaban J connectivity index is 0.000000127. The monoisotopic (exact) mass is 760 g/mol. The van der Waals surface area contributed by atoms with Gasteiger partial charge in [-0.1, -0.05) is 144 Å². The minimum atomic E-state index is -1.34. The maximum atomic E-state index is 8.58. The highest BCUT2D eigenvalue weighted by atomic mass is 35.5. The fourth-order valence-electron chi connectivity index (χ4n) is 6.66. The molecule has 54 heavy (non-hydrogen) atoms. The first-order valence-electron chi connectivity index (χ1n) is 17.0. The van der Waals surface area contributed by atoms with Crippen molar-refractivity contribution in [2.45, 2.75) is 0 Å². The minimum Gasteiger partial charge on any atom is -0.423 e. The van der Waals surface area contributed by atoms with Crippen molar-refractivity contribution in [1.29, 1.82) is 0 Å². The molecule has 6 aromatic carbocycles. The summed E-state index contributed by atoms with van der Waals surface area (Å²) in [5.74, 6) is 0. The molecule has 10 rings (SSSR count). The zero-order chi connectivity index (χ0) is 37.2. The van der Waals surface area contributed by atoms with Crippen molar-refractivity contribution >= 4 is 113 Å². The Hall–Kier alpha value is -5.67. The lowest BCUT2D eigenvalue weighted by atomic mass is 9.81. The van der Waals surface area contributed by atoms with Gasteiger partial charge in [-0.3, -0.25) is 0 Å². The van der Waals surface area contributed by atoms with Crippen molar-refractivity contribution in [2.75, 3.05) is 0 Å². The molecule has 0 fully saturated rings. The van der Waals surface area contributed by atoms with Crippen LogP contribution in [0.25, 0.3) is 76.4 Å². The van der Waals surface area contributed by atoms with Gasteiger partial charge >= 0.3 is 7.12 Å². The van der Waals surface area contributed by atoms with E-state index in [-0.39, 0.29) is 0 Å². The smallest absolute Gasteiger partial charge is 0.423 e. The Kier molecular flexibility index (Phi) is 10.1. The molecule has 10 aromatic rings. The van der Waals surface area contributed by atoms with Crippen LogP contribution < -0.4 is 5.46 Å². The average molecular weight is 762 g/mol. The quantitative estimate of drug-likeness (QED) is 0.104. The van der Waals surface area contributed by atoms with E-state index in [1.807, 2.05) is 66.7 Å². The summed E-state index contributed by atoms with van der Waals surface area (Å²) in [4.78, 5) is 18.4. The second kappa shape index (κ2) is 15.4. The minimum absolute atomic E-state index is 0.454. The zero-order valence-corrected chi connectivity index (χ0v) is 30.7. The van der Waals surface area contributed by atoms with Crippen LogP contribution in [0.4, 0.5) is 0 Å². The molecule has 0 saturated carbocycles. The predicted octanol–water partition coefficient (Wildman–Crippen LogP) is 10.9. The molecule has 0 spiro atoms. The van der Waals surface area contributed by atoms with E-state index < -0.39 is 7.12 Å². The van der Waals surface area contributed by atoms with Crippen LogP contribution in [0.1, 0.15) is 0 Å². The molecule has 0 aliphatic heterocycles. The highest BCUT2D eigenvalue weighted by molar-refractivity contribution is 6.58. The van der Waals surface area contributed by atoms with Gasteiger partial charge in [0, 0.05) is 27.1 Å². The predicted molar refractivity (Wildman–Crippen MR) is 226 cm³/mol. The number of hydrogen-bond donors (Lipinski definition) is 2. The summed E-state index contributed by atoms with van der Waals surface area (Å²) in [6.45, 7) is 0. The van der Waals surface area contributed by atoms with Crippen LogP contribution in [0.15, 0.2) is 158 Å². The molecule has 0 amide bonds.